The van der Waals surface area contributed by atoms with Gasteiger partial charge in [-0.1, -0.05) is 18.9 Å². The van der Waals surface area contributed by atoms with Crippen molar-refractivity contribution in [1.29, 1.82) is 0 Å². The van der Waals surface area contributed by atoms with Crippen molar-refractivity contribution in [2.24, 2.45) is 0 Å². The fourth-order valence-corrected chi connectivity index (χ4v) is 2.72. The largest absolute Gasteiger partial charge is 0.374 e. The number of benzene rings is 1. The quantitative estimate of drug-likeness (QED) is 0.658. The number of carbonyl (C=O) groups excluding carboxylic acids is 3. The Morgan fingerprint density at radius 3 is 2.54 bits per heavy atom. The SMILES string of the molecule is CNC(=O)c1cccc(NC(C)C(=O)NC(=O)NC2CCCC2)c1. The zero-order valence-electron chi connectivity index (χ0n) is 14.0. The molecule has 1 unspecified atom stereocenters. The second-order valence-corrected chi connectivity index (χ2v) is 5.97. The molecule has 0 radical (unpaired) electrons. The third-order valence-electron chi connectivity index (χ3n) is 4.06. The summed E-state index contributed by atoms with van der Waals surface area (Å²) in [5, 5.41) is 10.7. The Balaban J connectivity index is 1.86. The van der Waals surface area contributed by atoms with Gasteiger partial charge in [-0.3, -0.25) is 14.9 Å². The molecule has 0 aliphatic heterocycles. The van der Waals surface area contributed by atoms with Crippen molar-refractivity contribution in [1.82, 2.24) is 16.0 Å². The van der Waals surface area contributed by atoms with Gasteiger partial charge < -0.3 is 16.0 Å². The van der Waals surface area contributed by atoms with Gasteiger partial charge in [0.1, 0.15) is 6.04 Å². The van der Waals surface area contributed by atoms with Gasteiger partial charge in [0.25, 0.3) is 5.91 Å². The minimum atomic E-state index is -0.612. The molecule has 1 aliphatic carbocycles. The number of nitrogens with one attached hydrogen (secondary N) is 4. The summed E-state index contributed by atoms with van der Waals surface area (Å²) in [6.07, 6.45) is 4.14. The molecule has 1 aromatic rings. The molecular formula is C17H24N4O3. The lowest BCUT2D eigenvalue weighted by molar-refractivity contribution is -0.120. The van der Waals surface area contributed by atoms with Gasteiger partial charge in [0.15, 0.2) is 0 Å². The highest BCUT2D eigenvalue weighted by Crippen LogP contribution is 2.17. The van der Waals surface area contributed by atoms with Crippen LogP contribution in [0.3, 0.4) is 0 Å². The fourth-order valence-electron chi connectivity index (χ4n) is 2.72. The van der Waals surface area contributed by atoms with Crippen LogP contribution in [-0.4, -0.2) is 37.0 Å². The first kappa shape index (κ1) is 17.8. The number of imide groups is 1. The highest BCUT2D eigenvalue weighted by molar-refractivity contribution is 5.98. The lowest BCUT2D eigenvalue weighted by Gasteiger charge is -2.17. The zero-order valence-corrected chi connectivity index (χ0v) is 14.0. The first-order chi connectivity index (χ1) is 11.5. The molecule has 0 saturated heterocycles. The number of hydrogen-bond acceptors (Lipinski definition) is 4. The van der Waals surface area contributed by atoms with E-state index in [0.29, 0.717) is 11.3 Å². The maximum atomic E-state index is 12.1. The summed E-state index contributed by atoms with van der Waals surface area (Å²) in [4.78, 5) is 35.5. The average Bonchev–Trinajstić information content (AvgIpc) is 3.06. The molecule has 7 heteroatoms. The smallest absolute Gasteiger partial charge is 0.321 e. The van der Waals surface area contributed by atoms with E-state index in [9.17, 15) is 14.4 Å². The molecule has 2 rings (SSSR count). The molecule has 7 nitrogen and oxygen atoms in total. The van der Waals surface area contributed by atoms with Crippen molar-refractivity contribution in [3.63, 3.8) is 0 Å². The van der Waals surface area contributed by atoms with E-state index in [2.05, 4.69) is 21.3 Å². The highest BCUT2D eigenvalue weighted by atomic mass is 16.2. The van der Waals surface area contributed by atoms with Crippen LogP contribution in [-0.2, 0) is 4.79 Å². The number of urea groups is 1. The molecule has 4 amide bonds. The van der Waals surface area contributed by atoms with E-state index in [1.165, 1.54) is 0 Å². The zero-order chi connectivity index (χ0) is 17.5. The van der Waals surface area contributed by atoms with Crippen molar-refractivity contribution in [2.45, 2.75) is 44.7 Å². The second-order valence-electron chi connectivity index (χ2n) is 5.97. The normalized spacial score (nSPS) is 15.4. The standard InChI is InChI=1S/C17H24N4O3/c1-11(15(22)21-17(24)20-13-7-3-4-8-13)19-14-9-5-6-12(10-14)16(23)18-2/h5-6,9-11,13,19H,3-4,7-8H2,1-2H3,(H,18,23)(H2,20,21,22,24). The molecule has 130 valence electrons. The highest BCUT2D eigenvalue weighted by Gasteiger charge is 2.20. The Morgan fingerprint density at radius 2 is 1.88 bits per heavy atom. The van der Waals surface area contributed by atoms with E-state index in [1.807, 2.05) is 0 Å². The Bertz CT molecular complexity index is 612. The molecule has 0 heterocycles. The van der Waals surface area contributed by atoms with Crippen molar-refractivity contribution in [3.8, 4) is 0 Å². The average molecular weight is 332 g/mol. The maximum absolute atomic E-state index is 12.1. The summed E-state index contributed by atoms with van der Waals surface area (Å²) < 4.78 is 0. The summed E-state index contributed by atoms with van der Waals surface area (Å²) in [6, 6.07) is 5.91. The van der Waals surface area contributed by atoms with Crippen molar-refractivity contribution in [3.05, 3.63) is 29.8 Å². The van der Waals surface area contributed by atoms with Crippen molar-refractivity contribution < 1.29 is 14.4 Å². The summed E-state index contributed by atoms with van der Waals surface area (Å²) in [5.41, 5.74) is 1.13. The van der Waals surface area contributed by atoms with Gasteiger partial charge in [0.05, 0.1) is 0 Å². The van der Waals surface area contributed by atoms with Gasteiger partial charge >= 0.3 is 6.03 Å². The lowest BCUT2D eigenvalue weighted by Crippen LogP contribution is -2.48. The number of amides is 4. The van der Waals surface area contributed by atoms with Crippen molar-refractivity contribution in [2.75, 3.05) is 12.4 Å². The molecule has 1 fully saturated rings. The van der Waals surface area contributed by atoms with E-state index in [-0.39, 0.29) is 11.9 Å². The Morgan fingerprint density at radius 1 is 1.17 bits per heavy atom. The number of hydrogen-bond donors (Lipinski definition) is 4. The molecule has 0 aromatic heterocycles. The predicted molar refractivity (Wildman–Crippen MR) is 91.8 cm³/mol. The van der Waals surface area contributed by atoms with E-state index in [4.69, 9.17) is 0 Å². The Kier molecular flexibility index (Phi) is 6.17. The van der Waals surface area contributed by atoms with Crippen LogP contribution in [0.5, 0.6) is 0 Å². The number of anilines is 1. The van der Waals surface area contributed by atoms with Gasteiger partial charge in [-0.15, -0.1) is 0 Å². The fraction of sp³-hybridized carbons (Fsp3) is 0.471. The van der Waals surface area contributed by atoms with E-state index >= 15 is 0 Å². The predicted octanol–water partition coefficient (Wildman–Crippen LogP) is 1.61. The van der Waals surface area contributed by atoms with Crippen LogP contribution < -0.4 is 21.3 Å². The molecule has 4 N–H and O–H groups in total. The van der Waals surface area contributed by atoms with Crippen LogP contribution in [0.1, 0.15) is 43.0 Å². The molecule has 24 heavy (non-hydrogen) atoms. The molecule has 1 aliphatic rings. The molecular weight excluding hydrogens is 308 g/mol. The molecule has 1 atom stereocenters. The first-order valence-corrected chi connectivity index (χ1v) is 8.19. The van der Waals surface area contributed by atoms with Crippen LogP contribution in [0.15, 0.2) is 24.3 Å². The van der Waals surface area contributed by atoms with E-state index in [0.717, 1.165) is 25.7 Å². The lowest BCUT2D eigenvalue weighted by atomic mass is 10.1. The molecule has 1 saturated carbocycles. The minimum absolute atomic E-state index is 0.158. The van der Waals surface area contributed by atoms with Crippen LogP contribution in [0.2, 0.25) is 0 Å². The van der Waals surface area contributed by atoms with Gasteiger partial charge in [0, 0.05) is 24.3 Å². The molecule has 0 spiro atoms. The topological polar surface area (TPSA) is 99.3 Å². The summed E-state index contributed by atoms with van der Waals surface area (Å²) in [7, 11) is 1.56. The third kappa shape index (κ3) is 4.97. The number of carbonyl (C=O) groups is 3. The van der Waals surface area contributed by atoms with Crippen LogP contribution in [0, 0.1) is 0 Å². The monoisotopic (exact) mass is 332 g/mol. The summed E-state index contributed by atoms with van der Waals surface area (Å²) in [5.74, 6) is -0.623. The van der Waals surface area contributed by atoms with E-state index < -0.39 is 18.0 Å². The Labute approximate surface area is 141 Å². The van der Waals surface area contributed by atoms with Crippen LogP contribution >= 0.6 is 0 Å². The van der Waals surface area contributed by atoms with E-state index in [1.54, 1.807) is 38.2 Å². The van der Waals surface area contributed by atoms with Crippen LogP contribution in [0.25, 0.3) is 0 Å². The third-order valence-corrected chi connectivity index (χ3v) is 4.06. The van der Waals surface area contributed by atoms with Crippen molar-refractivity contribution >= 4 is 23.5 Å². The van der Waals surface area contributed by atoms with Crippen LogP contribution in [0.4, 0.5) is 10.5 Å². The minimum Gasteiger partial charge on any atom is -0.374 e. The maximum Gasteiger partial charge on any atom is 0.321 e. The van der Waals surface area contributed by atoms with Gasteiger partial charge in [0.2, 0.25) is 5.91 Å². The van der Waals surface area contributed by atoms with Gasteiger partial charge in [-0.25, -0.2) is 4.79 Å². The molecule has 0 bridgehead atoms. The van der Waals surface area contributed by atoms with Gasteiger partial charge in [-0.2, -0.15) is 0 Å². The first-order valence-electron chi connectivity index (χ1n) is 8.19. The molecule has 1 aromatic carbocycles. The second kappa shape index (κ2) is 8.33. The summed E-state index contributed by atoms with van der Waals surface area (Å²) in [6.45, 7) is 1.66. The summed E-state index contributed by atoms with van der Waals surface area (Å²) >= 11 is 0. The van der Waals surface area contributed by atoms with Gasteiger partial charge in [-0.05, 0) is 38.0 Å². The number of rotatable bonds is 5. The Hall–Kier alpha value is -2.57.